The third kappa shape index (κ3) is 1.74. The summed E-state index contributed by atoms with van der Waals surface area (Å²) in [5.41, 5.74) is 0.856. The summed E-state index contributed by atoms with van der Waals surface area (Å²) in [5.74, 6) is 1.13. The molecule has 2 aromatic rings. The van der Waals surface area contributed by atoms with Gasteiger partial charge in [0.15, 0.2) is 12.1 Å². The smallest absolute Gasteiger partial charge is 0.185 e. The molecule has 0 spiro atoms. The Morgan fingerprint density at radius 3 is 3.07 bits per heavy atom. The summed E-state index contributed by atoms with van der Waals surface area (Å²) < 4.78 is 6.81. The highest BCUT2D eigenvalue weighted by atomic mass is 16.5. The highest BCUT2D eigenvalue weighted by molar-refractivity contribution is 5.70. The quantitative estimate of drug-likeness (QED) is 0.711. The maximum Gasteiger partial charge on any atom is 0.185 e. The topological polar surface area (TPSA) is 44.1 Å². The number of ether oxygens (including phenoxy) is 1. The van der Waals surface area contributed by atoms with Crippen LogP contribution in [0.15, 0.2) is 36.7 Å². The molecule has 0 amide bonds. The third-order valence-electron chi connectivity index (χ3n) is 2.11. The summed E-state index contributed by atoms with van der Waals surface area (Å²) in [7, 11) is 1.60. The van der Waals surface area contributed by atoms with Crippen LogP contribution in [0.3, 0.4) is 0 Å². The largest absolute Gasteiger partial charge is 0.497 e. The Balaban J connectivity index is 2.48. The van der Waals surface area contributed by atoms with Crippen molar-refractivity contribution in [3.63, 3.8) is 0 Å². The number of aldehydes is 1. The van der Waals surface area contributed by atoms with Gasteiger partial charge in [-0.15, -0.1) is 0 Å². The molecular formula is C11H10N2O2. The second kappa shape index (κ2) is 3.96. The number of carbonyl (C=O) groups excluding carboxylic acids is 1. The number of imidazole rings is 1. The van der Waals surface area contributed by atoms with Gasteiger partial charge in [0.05, 0.1) is 12.8 Å². The number of methoxy groups -OCH3 is 1. The number of hydrogen-bond acceptors (Lipinski definition) is 3. The highest BCUT2D eigenvalue weighted by Crippen LogP contribution is 2.16. The van der Waals surface area contributed by atoms with E-state index in [1.807, 2.05) is 24.3 Å². The van der Waals surface area contributed by atoms with Crippen LogP contribution in [-0.4, -0.2) is 22.9 Å². The van der Waals surface area contributed by atoms with Crippen molar-refractivity contribution in [3.8, 4) is 11.4 Å². The Hall–Kier alpha value is -2.10. The zero-order valence-corrected chi connectivity index (χ0v) is 8.25. The van der Waals surface area contributed by atoms with E-state index in [1.54, 1.807) is 24.1 Å². The summed E-state index contributed by atoms with van der Waals surface area (Å²) in [6.45, 7) is 0. The molecule has 2 rings (SSSR count). The Kier molecular flexibility index (Phi) is 2.49. The molecule has 0 aliphatic carbocycles. The summed E-state index contributed by atoms with van der Waals surface area (Å²) in [4.78, 5) is 14.6. The van der Waals surface area contributed by atoms with Crippen LogP contribution in [0.1, 0.15) is 10.6 Å². The lowest BCUT2D eigenvalue weighted by atomic mass is 10.3. The van der Waals surface area contributed by atoms with Gasteiger partial charge in [-0.2, -0.15) is 0 Å². The van der Waals surface area contributed by atoms with Crippen LogP contribution < -0.4 is 4.74 Å². The zero-order valence-electron chi connectivity index (χ0n) is 8.25. The molecule has 15 heavy (non-hydrogen) atoms. The van der Waals surface area contributed by atoms with Gasteiger partial charge in [0.25, 0.3) is 0 Å². The van der Waals surface area contributed by atoms with Crippen molar-refractivity contribution in [3.05, 3.63) is 42.5 Å². The van der Waals surface area contributed by atoms with Gasteiger partial charge in [-0.3, -0.25) is 9.36 Å². The van der Waals surface area contributed by atoms with Gasteiger partial charge >= 0.3 is 0 Å². The second-order valence-electron chi connectivity index (χ2n) is 2.97. The van der Waals surface area contributed by atoms with Gasteiger partial charge in [-0.25, -0.2) is 4.98 Å². The monoisotopic (exact) mass is 202 g/mol. The molecule has 0 aliphatic heterocycles. The first-order valence-electron chi connectivity index (χ1n) is 4.48. The fourth-order valence-electron chi connectivity index (χ4n) is 1.38. The Bertz CT molecular complexity index is 477. The number of carbonyl (C=O) groups is 1. The standard InChI is InChI=1S/C11H10N2O2/c1-15-10-4-2-3-9(7-10)13-6-5-12-11(13)8-14/h2-8H,1H3. The summed E-state index contributed by atoms with van der Waals surface area (Å²) in [6.07, 6.45) is 4.04. The van der Waals surface area contributed by atoms with Gasteiger partial charge < -0.3 is 4.74 Å². The van der Waals surface area contributed by atoms with Crippen LogP contribution in [0.2, 0.25) is 0 Å². The maximum absolute atomic E-state index is 10.7. The first-order chi connectivity index (χ1) is 7.35. The first-order valence-corrected chi connectivity index (χ1v) is 4.48. The van der Waals surface area contributed by atoms with E-state index >= 15 is 0 Å². The fourth-order valence-corrected chi connectivity index (χ4v) is 1.38. The molecule has 0 aliphatic rings. The van der Waals surface area contributed by atoms with Crippen molar-refractivity contribution >= 4 is 6.29 Å². The molecule has 4 heteroatoms. The molecule has 0 saturated heterocycles. The van der Waals surface area contributed by atoms with Gasteiger partial charge in [-0.1, -0.05) is 6.07 Å². The average molecular weight is 202 g/mol. The summed E-state index contributed by atoms with van der Waals surface area (Å²) >= 11 is 0. The van der Waals surface area contributed by atoms with Crippen LogP contribution in [-0.2, 0) is 0 Å². The maximum atomic E-state index is 10.7. The first kappa shape index (κ1) is 9.45. The van der Waals surface area contributed by atoms with E-state index < -0.39 is 0 Å². The van der Waals surface area contributed by atoms with Crippen molar-refractivity contribution < 1.29 is 9.53 Å². The lowest BCUT2D eigenvalue weighted by Crippen LogP contribution is -1.98. The van der Waals surface area contributed by atoms with Gasteiger partial charge in [0.1, 0.15) is 5.75 Å². The predicted octanol–water partition coefficient (Wildman–Crippen LogP) is 1.69. The van der Waals surface area contributed by atoms with E-state index in [0.717, 1.165) is 17.7 Å². The third-order valence-corrected chi connectivity index (χ3v) is 2.11. The van der Waals surface area contributed by atoms with E-state index in [4.69, 9.17) is 4.74 Å². The van der Waals surface area contributed by atoms with Gasteiger partial charge in [-0.05, 0) is 12.1 Å². The van der Waals surface area contributed by atoms with E-state index in [0.29, 0.717) is 5.82 Å². The Morgan fingerprint density at radius 1 is 1.47 bits per heavy atom. The normalized spacial score (nSPS) is 9.93. The molecule has 0 fully saturated rings. The van der Waals surface area contributed by atoms with Crippen LogP contribution >= 0.6 is 0 Å². The van der Waals surface area contributed by atoms with Crippen molar-refractivity contribution in [2.75, 3.05) is 7.11 Å². The Morgan fingerprint density at radius 2 is 2.33 bits per heavy atom. The predicted molar refractivity (Wildman–Crippen MR) is 55.5 cm³/mol. The number of nitrogens with zero attached hydrogens (tertiary/aromatic N) is 2. The molecule has 4 nitrogen and oxygen atoms in total. The SMILES string of the molecule is COc1cccc(-n2ccnc2C=O)c1. The molecule has 0 N–H and O–H groups in total. The molecule has 0 saturated carbocycles. The molecule has 0 bridgehead atoms. The highest BCUT2D eigenvalue weighted by Gasteiger charge is 2.03. The number of benzene rings is 1. The number of rotatable bonds is 3. The average Bonchev–Trinajstić information content (AvgIpc) is 2.77. The molecule has 1 aromatic carbocycles. The number of hydrogen-bond donors (Lipinski definition) is 0. The Labute approximate surface area is 87.1 Å². The summed E-state index contributed by atoms with van der Waals surface area (Å²) in [5, 5.41) is 0. The van der Waals surface area contributed by atoms with Crippen LogP contribution in [0, 0.1) is 0 Å². The minimum Gasteiger partial charge on any atom is -0.497 e. The van der Waals surface area contributed by atoms with E-state index in [2.05, 4.69) is 4.98 Å². The van der Waals surface area contributed by atoms with Crippen molar-refractivity contribution in [1.82, 2.24) is 9.55 Å². The van der Waals surface area contributed by atoms with Crippen LogP contribution in [0.5, 0.6) is 5.75 Å². The van der Waals surface area contributed by atoms with E-state index in [9.17, 15) is 4.79 Å². The van der Waals surface area contributed by atoms with Crippen molar-refractivity contribution in [2.24, 2.45) is 0 Å². The molecule has 1 heterocycles. The summed E-state index contributed by atoms with van der Waals surface area (Å²) in [6, 6.07) is 7.44. The molecular weight excluding hydrogens is 192 g/mol. The van der Waals surface area contributed by atoms with E-state index in [-0.39, 0.29) is 0 Å². The minimum atomic E-state index is 0.378. The van der Waals surface area contributed by atoms with Crippen LogP contribution in [0.4, 0.5) is 0 Å². The second-order valence-corrected chi connectivity index (χ2v) is 2.97. The fraction of sp³-hybridized carbons (Fsp3) is 0.0909. The van der Waals surface area contributed by atoms with Crippen molar-refractivity contribution in [2.45, 2.75) is 0 Å². The van der Waals surface area contributed by atoms with Gasteiger partial charge in [0, 0.05) is 18.5 Å². The van der Waals surface area contributed by atoms with Gasteiger partial charge in [0.2, 0.25) is 0 Å². The molecule has 76 valence electrons. The lowest BCUT2D eigenvalue weighted by molar-refractivity contribution is 0.111. The number of aromatic nitrogens is 2. The lowest BCUT2D eigenvalue weighted by Gasteiger charge is -2.05. The van der Waals surface area contributed by atoms with E-state index in [1.165, 1.54) is 0 Å². The zero-order chi connectivity index (χ0) is 10.7. The van der Waals surface area contributed by atoms with Crippen LogP contribution in [0.25, 0.3) is 5.69 Å². The van der Waals surface area contributed by atoms with Crippen molar-refractivity contribution in [1.29, 1.82) is 0 Å². The minimum absolute atomic E-state index is 0.378. The molecule has 0 unspecified atom stereocenters. The molecule has 0 atom stereocenters. The molecule has 0 radical (unpaired) electrons. The molecule has 1 aromatic heterocycles.